The maximum Gasteiger partial charge on any atom is 0.246 e. The lowest BCUT2D eigenvalue weighted by molar-refractivity contribution is 0.167. The van der Waals surface area contributed by atoms with Crippen LogP contribution in [0.1, 0.15) is 42.9 Å². The zero-order valence-electron chi connectivity index (χ0n) is 15.0. The maximum absolute atomic E-state index is 12.8. The highest BCUT2D eigenvalue weighted by Crippen LogP contribution is 2.23. The fourth-order valence-electron chi connectivity index (χ4n) is 2.93. The zero-order valence-corrected chi connectivity index (χ0v) is 15.8. The number of aryl methyl sites for hydroxylation is 2. The Bertz CT molecular complexity index is 814. The van der Waals surface area contributed by atoms with E-state index in [4.69, 9.17) is 4.42 Å². The van der Waals surface area contributed by atoms with E-state index >= 15 is 0 Å². The fourth-order valence-corrected chi connectivity index (χ4v) is 4.69. The average Bonchev–Trinajstić information content (AvgIpc) is 3.15. The van der Waals surface area contributed by atoms with Gasteiger partial charge in [0.25, 0.3) is 0 Å². The smallest absolute Gasteiger partial charge is 0.246 e. The molecular formula is C15H24N6O3S. The van der Waals surface area contributed by atoms with Crippen molar-refractivity contribution in [3.63, 3.8) is 0 Å². The van der Waals surface area contributed by atoms with Crippen molar-refractivity contribution in [1.82, 2.24) is 29.6 Å². The van der Waals surface area contributed by atoms with Gasteiger partial charge in [0.05, 0.1) is 17.9 Å². The molecule has 1 saturated heterocycles. The number of aromatic amines is 1. The number of nitrogens with zero attached hydrogens (tertiary/aromatic N) is 5. The van der Waals surface area contributed by atoms with Crippen LogP contribution in [0.25, 0.3) is 0 Å². The Balaban J connectivity index is 1.63. The summed E-state index contributed by atoms with van der Waals surface area (Å²) in [5.41, 5.74) is 1.08. The molecule has 1 N–H and O–H groups in total. The predicted octanol–water partition coefficient (Wildman–Crippen LogP) is 1.04. The summed E-state index contributed by atoms with van der Waals surface area (Å²) in [7, 11) is -3.52. The Morgan fingerprint density at radius 2 is 1.84 bits per heavy atom. The molecule has 138 valence electrons. The van der Waals surface area contributed by atoms with Crippen LogP contribution in [0.4, 0.5) is 0 Å². The van der Waals surface area contributed by atoms with Gasteiger partial charge >= 0.3 is 0 Å². The normalized spacial score (nSPS) is 17.5. The second-order valence-electron chi connectivity index (χ2n) is 6.63. The topological polar surface area (TPSA) is 108 Å². The van der Waals surface area contributed by atoms with Crippen molar-refractivity contribution in [2.24, 2.45) is 0 Å². The molecule has 0 radical (unpaired) electrons. The maximum atomic E-state index is 12.8. The fraction of sp³-hybridized carbons (Fsp3) is 0.667. The number of hydrogen-bond donors (Lipinski definition) is 1. The SMILES string of the molecule is Cc1n[nH]c(C)c1S(=O)(=O)N1CCN(Cc2nnc(C(C)C)o2)CC1. The van der Waals surface area contributed by atoms with Gasteiger partial charge in [-0.3, -0.25) is 10.00 Å². The van der Waals surface area contributed by atoms with Crippen molar-refractivity contribution in [2.45, 2.75) is 45.1 Å². The van der Waals surface area contributed by atoms with Gasteiger partial charge in [-0.2, -0.15) is 9.40 Å². The lowest BCUT2D eigenvalue weighted by Crippen LogP contribution is -2.48. The molecule has 2 aromatic rings. The molecule has 1 aliphatic heterocycles. The van der Waals surface area contributed by atoms with Gasteiger partial charge in [-0.15, -0.1) is 10.2 Å². The third-order valence-electron chi connectivity index (χ3n) is 4.32. The van der Waals surface area contributed by atoms with Crippen molar-refractivity contribution in [2.75, 3.05) is 26.2 Å². The predicted molar refractivity (Wildman–Crippen MR) is 90.5 cm³/mol. The zero-order chi connectivity index (χ0) is 18.2. The Hall–Kier alpha value is -1.78. The minimum atomic E-state index is -3.52. The third kappa shape index (κ3) is 3.60. The van der Waals surface area contributed by atoms with Crippen molar-refractivity contribution in [3.05, 3.63) is 23.2 Å². The van der Waals surface area contributed by atoms with E-state index < -0.39 is 10.0 Å². The van der Waals surface area contributed by atoms with Crippen molar-refractivity contribution in [3.8, 4) is 0 Å². The van der Waals surface area contributed by atoms with Crippen molar-refractivity contribution >= 4 is 10.0 Å². The van der Waals surface area contributed by atoms with Crippen LogP contribution in [0.2, 0.25) is 0 Å². The van der Waals surface area contributed by atoms with Crippen LogP contribution in [-0.2, 0) is 16.6 Å². The molecule has 0 atom stereocenters. The van der Waals surface area contributed by atoms with Crippen LogP contribution in [0.15, 0.2) is 9.31 Å². The Morgan fingerprint density at radius 3 is 2.36 bits per heavy atom. The van der Waals surface area contributed by atoms with Crippen LogP contribution in [0.3, 0.4) is 0 Å². The van der Waals surface area contributed by atoms with Crippen molar-refractivity contribution < 1.29 is 12.8 Å². The number of H-pyrrole nitrogens is 1. The summed E-state index contributed by atoms with van der Waals surface area (Å²) in [6.07, 6.45) is 0. The molecule has 25 heavy (non-hydrogen) atoms. The van der Waals surface area contributed by atoms with Crippen LogP contribution >= 0.6 is 0 Å². The van der Waals surface area contributed by atoms with Gasteiger partial charge in [0.1, 0.15) is 4.90 Å². The molecule has 3 rings (SSSR count). The monoisotopic (exact) mass is 368 g/mol. The molecule has 2 aromatic heterocycles. The van der Waals surface area contributed by atoms with Gasteiger partial charge < -0.3 is 4.42 Å². The molecule has 0 bridgehead atoms. The number of rotatable bonds is 5. The van der Waals surface area contributed by atoms with E-state index in [-0.39, 0.29) is 5.92 Å². The van der Waals surface area contributed by atoms with Crippen molar-refractivity contribution in [1.29, 1.82) is 0 Å². The molecule has 1 aliphatic rings. The molecule has 0 aromatic carbocycles. The van der Waals surface area contributed by atoms with Gasteiger partial charge in [-0.25, -0.2) is 8.42 Å². The quantitative estimate of drug-likeness (QED) is 0.840. The minimum absolute atomic E-state index is 0.199. The molecule has 0 saturated carbocycles. The Morgan fingerprint density at radius 1 is 1.16 bits per heavy atom. The van der Waals surface area contributed by atoms with Gasteiger partial charge in [0.2, 0.25) is 21.8 Å². The average molecular weight is 368 g/mol. The first-order valence-corrected chi connectivity index (χ1v) is 9.79. The lowest BCUT2D eigenvalue weighted by atomic mass is 10.2. The van der Waals surface area contributed by atoms with E-state index in [2.05, 4.69) is 25.3 Å². The van der Waals surface area contributed by atoms with E-state index in [1.54, 1.807) is 13.8 Å². The van der Waals surface area contributed by atoms with Gasteiger partial charge in [-0.1, -0.05) is 13.8 Å². The molecule has 9 nitrogen and oxygen atoms in total. The largest absolute Gasteiger partial charge is 0.424 e. The van der Waals surface area contributed by atoms with Crippen LogP contribution in [0, 0.1) is 13.8 Å². The highest BCUT2D eigenvalue weighted by atomic mass is 32.2. The summed E-state index contributed by atoms with van der Waals surface area (Å²) in [6.45, 7) is 10.1. The van der Waals surface area contributed by atoms with Gasteiger partial charge in [-0.05, 0) is 13.8 Å². The molecule has 0 unspecified atom stereocenters. The minimum Gasteiger partial charge on any atom is -0.424 e. The van der Waals surface area contributed by atoms with Crippen LogP contribution < -0.4 is 0 Å². The molecular weight excluding hydrogens is 344 g/mol. The first-order valence-electron chi connectivity index (χ1n) is 8.35. The Kier molecular flexibility index (Phi) is 4.94. The van der Waals surface area contributed by atoms with E-state index in [0.717, 1.165) is 0 Å². The van der Waals surface area contributed by atoms with E-state index in [1.165, 1.54) is 4.31 Å². The summed E-state index contributed by atoms with van der Waals surface area (Å²) in [5.74, 6) is 1.40. The van der Waals surface area contributed by atoms with Gasteiger partial charge in [0, 0.05) is 32.1 Å². The summed E-state index contributed by atoms with van der Waals surface area (Å²) in [4.78, 5) is 2.41. The standard InChI is InChI=1S/C15H24N6O3S/c1-10(2)15-19-18-13(24-15)9-20-5-7-21(8-6-20)25(22,23)14-11(3)16-17-12(14)4/h10H,5-9H2,1-4H3,(H,16,17). The number of nitrogens with one attached hydrogen (secondary N) is 1. The Labute approximate surface area is 147 Å². The summed E-state index contributed by atoms with van der Waals surface area (Å²) >= 11 is 0. The van der Waals surface area contributed by atoms with E-state index in [0.29, 0.717) is 60.8 Å². The van der Waals surface area contributed by atoms with E-state index in [1.807, 2.05) is 13.8 Å². The summed E-state index contributed by atoms with van der Waals surface area (Å²) < 4.78 is 32.8. The first kappa shape index (κ1) is 18.0. The molecule has 10 heteroatoms. The second-order valence-corrected chi connectivity index (χ2v) is 8.51. The highest BCUT2D eigenvalue weighted by Gasteiger charge is 2.32. The summed E-state index contributed by atoms with van der Waals surface area (Å²) in [6, 6.07) is 0. The number of sulfonamides is 1. The number of piperazine rings is 1. The first-order chi connectivity index (χ1) is 11.8. The summed E-state index contributed by atoms with van der Waals surface area (Å²) in [5, 5.41) is 14.8. The lowest BCUT2D eigenvalue weighted by Gasteiger charge is -2.33. The second kappa shape index (κ2) is 6.85. The third-order valence-corrected chi connectivity index (χ3v) is 6.49. The molecule has 0 aliphatic carbocycles. The molecule has 0 amide bonds. The van der Waals surface area contributed by atoms with Crippen LogP contribution in [-0.4, -0.2) is 64.2 Å². The molecule has 1 fully saturated rings. The highest BCUT2D eigenvalue weighted by molar-refractivity contribution is 7.89. The number of aromatic nitrogens is 4. The molecule has 3 heterocycles. The van der Waals surface area contributed by atoms with Crippen LogP contribution in [0.5, 0.6) is 0 Å². The number of hydrogen-bond acceptors (Lipinski definition) is 7. The van der Waals surface area contributed by atoms with Gasteiger partial charge in [0.15, 0.2) is 0 Å². The molecule has 0 spiro atoms. The van der Waals surface area contributed by atoms with E-state index in [9.17, 15) is 8.42 Å².